The number of rotatable bonds is 3. The Balaban J connectivity index is 1.99. The molecule has 5 nitrogen and oxygen atoms in total. The molecular formula is C11H23N3O2S. The normalized spacial score (nSPS) is 33.1. The fraction of sp³-hybridized carbons (Fsp3) is 1.00. The van der Waals surface area contributed by atoms with E-state index in [0.29, 0.717) is 6.54 Å². The van der Waals surface area contributed by atoms with Crippen molar-refractivity contribution in [3.05, 3.63) is 0 Å². The summed E-state index contributed by atoms with van der Waals surface area (Å²) in [5.74, 6) is 0.265. The molecule has 0 aromatic heterocycles. The van der Waals surface area contributed by atoms with Crippen LogP contribution >= 0.6 is 0 Å². The first-order chi connectivity index (χ1) is 7.99. The van der Waals surface area contributed by atoms with Crippen LogP contribution in [0.25, 0.3) is 0 Å². The zero-order valence-corrected chi connectivity index (χ0v) is 11.5. The number of likely N-dealkylation sites (N-methyl/N-ethyl adjacent to an activating group) is 1. The monoisotopic (exact) mass is 261 g/mol. The van der Waals surface area contributed by atoms with Gasteiger partial charge in [-0.05, 0) is 33.4 Å². The summed E-state index contributed by atoms with van der Waals surface area (Å²) in [6, 6.07) is 0.256. The highest BCUT2D eigenvalue weighted by molar-refractivity contribution is 7.89. The maximum absolute atomic E-state index is 12.3. The van der Waals surface area contributed by atoms with Crippen LogP contribution in [0.15, 0.2) is 0 Å². The summed E-state index contributed by atoms with van der Waals surface area (Å²) in [7, 11) is -1.05. The zero-order valence-electron chi connectivity index (χ0n) is 10.7. The second kappa shape index (κ2) is 5.22. The number of nitrogens with one attached hydrogen (secondary N) is 1. The smallest absolute Gasteiger partial charge is 0.215 e. The summed E-state index contributed by atoms with van der Waals surface area (Å²) in [4.78, 5) is 2.19. The summed E-state index contributed by atoms with van der Waals surface area (Å²) < 4.78 is 26.3. The van der Waals surface area contributed by atoms with Crippen molar-refractivity contribution in [2.75, 3.05) is 39.0 Å². The predicted octanol–water partition coefficient (Wildman–Crippen LogP) is -0.296. The Bertz CT molecular complexity index is 352. The van der Waals surface area contributed by atoms with Gasteiger partial charge in [0.2, 0.25) is 10.0 Å². The standard InChI is InChI=1S/C11H23N3O2S/c1-10-8-13(2)6-7-14(10)17(15,16)9-11-4-3-5-12-11/h10-12H,3-9H2,1-2H3. The Morgan fingerprint density at radius 1 is 1.35 bits per heavy atom. The molecule has 2 fully saturated rings. The van der Waals surface area contributed by atoms with E-state index in [1.807, 2.05) is 14.0 Å². The third-order valence-corrected chi connectivity index (χ3v) is 5.78. The van der Waals surface area contributed by atoms with Crippen molar-refractivity contribution in [3.8, 4) is 0 Å². The highest BCUT2D eigenvalue weighted by Crippen LogP contribution is 2.16. The molecule has 2 saturated heterocycles. The van der Waals surface area contributed by atoms with Gasteiger partial charge >= 0.3 is 0 Å². The highest BCUT2D eigenvalue weighted by Gasteiger charge is 2.33. The quantitative estimate of drug-likeness (QED) is 0.758. The van der Waals surface area contributed by atoms with Crippen LogP contribution < -0.4 is 5.32 Å². The lowest BCUT2D eigenvalue weighted by Gasteiger charge is -2.37. The van der Waals surface area contributed by atoms with Gasteiger partial charge in [0.25, 0.3) is 0 Å². The van der Waals surface area contributed by atoms with Crippen molar-refractivity contribution >= 4 is 10.0 Å². The molecule has 0 aromatic rings. The lowest BCUT2D eigenvalue weighted by Crippen LogP contribution is -2.54. The van der Waals surface area contributed by atoms with Crippen LogP contribution in [-0.2, 0) is 10.0 Å². The molecule has 17 heavy (non-hydrogen) atoms. The molecule has 2 aliphatic heterocycles. The third kappa shape index (κ3) is 3.19. The minimum Gasteiger partial charge on any atom is -0.313 e. The number of piperazine rings is 1. The van der Waals surface area contributed by atoms with Crippen molar-refractivity contribution in [1.82, 2.24) is 14.5 Å². The first kappa shape index (κ1) is 13.3. The van der Waals surface area contributed by atoms with Crippen LogP contribution in [0.1, 0.15) is 19.8 Å². The van der Waals surface area contributed by atoms with Gasteiger partial charge in [-0.15, -0.1) is 0 Å². The zero-order chi connectivity index (χ0) is 12.5. The van der Waals surface area contributed by atoms with E-state index >= 15 is 0 Å². The second-order valence-corrected chi connectivity index (χ2v) is 7.26. The lowest BCUT2D eigenvalue weighted by atomic mass is 10.2. The fourth-order valence-corrected chi connectivity index (χ4v) is 4.74. The van der Waals surface area contributed by atoms with Crippen molar-refractivity contribution < 1.29 is 8.42 Å². The van der Waals surface area contributed by atoms with E-state index in [2.05, 4.69) is 10.2 Å². The molecule has 0 spiro atoms. The summed E-state index contributed by atoms with van der Waals surface area (Å²) in [5.41, 5.74) is 0. The highest BCUT2D eigenvalue weighted by atomic mass is 32.2. The second-order valence-electron chi connectivity index (χ2n) is 5.29. The molecule has 0 radical (unpaired) electrons. The van der Waals surface area contributed by atoms with Crippen LogP contribution in [0.4, 0.5) is 0 Å². The fourth-order valence-electron chi connectivity index (χ4n) is 2.79. The molecule has 100 valence electrons. The first-order valence-electron chi connectivity index (χ1n) is 6.40. The van der Waals surface area contributed by atoms with E-state index in [4.69, 9.17) is 0 Å². The maximum Gasteiger partial charge on any atom is 0.215 e. The molecule has 1 N–H and O–H groups in total. The Morgan fingerprint density at radius 3 is 2.71 bits per heavy atom. The van der Waals surface area contributed by atoms with E-state index in [-0.39, 0.29) is 17.8 Å². The van der Waals surface area contributed by atoms with E-state index in [9.17, 15) is 8.42 Å². The molecule has 2 atom stereocenters. The van der Waals surface area contributed by atoms with Gasteiger partial charge in [0, 0.05) is 31.7 Å². The summed E-state index contributed by atoms with van der Waals surface area (Å²) in [6.07, 6.45) is 2.08. The molecule has 0 amide bonds. The number of nitrogens with zero attached hydrogens (tertiary/aromatic N) is 2. The van der Waals surface area contributed by atoms with Crippen molar-refractivity contribution in [2.45, 2.75) is 31.8 Å². The van der Waals surface area contributed by atoms with Gasteiger partial charge in [-0.3, -0.25) is 0 Å². The van der Waals surface area contributed by atoms with Crippen LogP contribution in [0, 0.1) is 0 Å². The molecule has 2 unspecified atom stereocenters. The molecule has 0 saturated carbocycles. The maximum atomic E-state index is 12.3. The van der Waals surface area contributed by atoms with E-state index in [0.717, 1.165) is 32.5 Å². The molecule has 0 bridgehead atoms. The average molecular weight is 261 g/mol. The van der Waals surface area contributed by atoms with Crippen molar-refractivity contribution in [3.63, 3.8) is 0 Å². The molecule has 0 aliphatic carbocycles. The Labute approximate surface area is 104 Å². The SMILES string of the molecule is CC1CN(C)CCN1S(=O)(=O)CC1CCCN1. The average Bonchev–Trinajstić information content (AvgIpc) is 2.68. The molecule has 0 aromatic carbocycles. The molecule has 2 heterocycles. The first-order valence-corrected chi connectivity index (χ1v) is 8.01. The van der Waals surface area contributed by atoms with Gasteiger partial charge in [-0.25, -0.2) is 8.42 Å². The lowest BCUT2D eigenvalue weighted by molar-refractivity contribution is 0.170. The summed E-state index contributed by atoms with van der Waals surface area (Å²) in [5, 5.41) is 3.26. The van der Waals surface area contributed by atoms with E-state index in [1.54, 1.807) is 4.31 Å². The molecule has 2 aliphatic rings. The van der Waals surface area contributed by atoms with Gasteiger partial charge in [0.05, 0.1) is 5.75 Å². The Hall–Kier alpha value is -0.170. The molecule has 6 heteroatoms. The van der Waals surface area contributed by atoms with Crippen LogP contribution in [0.2, 0.25) is 0 Å². The van der Waals surface area contributed by atoms with Gasteiger partial charge in [-0.2, -0.15) is 4.31 Å². The predicted molar refractivity (Wildman–Crippen MR) is 68.5 cm³/mol. The Morgan fingerprint density at radius 2 is 2.12 bits per heavy atom. The van der Waals surface area contributed by atoms with Crippen LogP contribution in [0.5, 0.6) is 0 Å². The van der Waals surface area contributed by atoms with Crippen molar-refractivity contribution in [2.24, 2.45) is 0 Å². The van der Waals surface area contributed by atoms with Gasteiger partial charge < -0.3 is 10.2 Å². The third-order valence-electron chi connectivity index (χ3n) is 3.70. The summed E-state index contributed by atoms with van der Waals surface area (Å²) in [6.45, 7) is 5.25. The van der Waals surface area contributed by atoms with Gasteiger partial charge in [0.15, 0.2) is 0 Å². The van der Waals surface area contributed by atoms with Gasteiger partial charge in [0.1, 0.15) is 0 Å². The number of hydrogen-bond donors (Lipinski definition) is 1. The largest absolute Gasteiger partial charge is 0.313 e. The van der Waals surface area contributed by atoms with Crippen LogP contribution in [-0.4, -0.2) is 68.7 Å². The van der Waals surface area contributed by atoms with E-state index in [1.165, 1.54) is 0 Å². The van der Waals surface area contributed by atoms with Crippen molar-refractivity contribution in [1.29, 1.82) is 0 Å². The van der Waals surface area contributed by atoms with Crippen LogP contribution in [0.3, 0.4) is 0 Å². The Kier molecular flexibility index (Phi) is 4.07. The minimum atomic E-state index is -3.10. The minimum absolute atomic E-state index is 0.0974. The number of sulfonamides is 1. The van der Waals surface area contributed by atoms with Gasteiger partial charge in [-0.1, -0.05) is 0 Å². The van der Waals surface area contributed by atoms with E-state index < -0.39 is 10.0 Å². The number of hydrogen-bond acceptors (Lipinski definition) is 4. The summed E-state index contributed by atoms with van der Waals surface area (Å²) >= 11 is 0. The molecular weight excluding hydrogens is 238 g/mol. The molecule has 2 rings (SSSR count). The topological polar surface area (TPSA) is 52.7 Å².